The molecule has 0 aliphatic rings. The summed E-state index contributed by atoms with van der Waals surface area (Å²) in [6, 6.07) is 6.07. The largest absolute Gasteiger partial charge is 0.353 e. The van der Waals surface area contributed by atoms with E-state index in [2.05, 4.69) is 42.5 Å². The van der Waals surface area contributed by atoms with Crippen LogP contribution >= 0.6 is 31.9 Å². The third kappa shape index (κ3) is 5.24. The van der Waals surface area contributed by atoms with Gasteiger partial charge in [-0.25, -0.2) is 0 Å². The molecule has 0 bridgehead atoms. The Labute approximate surface area is 131 Å². The van der Waals surface area contributed by atoms with Gasteiger partial charge in [-0.15, -0.1) is 0 Å². The lowest BCUT2D eigenvalue weighted by atomic mass is 10.1. The number of amides is 1. The summed E-state index contributed by atoms with van der Waals surface area (Å²) in [5, 5.41) is 6.21. The topological polar surface area (TPSA) is 41.1 Å². The van der Waals surface area contributed by atoms with Gasteiger partial charge in [0.15, 0.2) is 0 Å². The number of carbonyl (C=O) groups is 1. The minimum absolute atomic E-state index is 0.0232. The molecule has 5 heteroatoms. The van der Waals surface area contributed by atoms with Crippen molar-refractivity contribution in [3.63, 3.8) is 0 Å². The maximum atomic E-state index is 11.9. The number of nitrogens with one attached hydrogen (secondary N) is 2. The van der Waals surface area contributed by atoms with Crippen molar-refractivity contribution in [2.24, 2.45) is 0 Å². The van der Waals surface area contributed by atoms with E-state index < -0.39 is 0 Å². The average Bonchev–Trinajstić information content (AvgIpc) is 2.27. The van der Waals surface area contributed by atoms with Crippen molar-refractivity contribution >= 4 is 37.8 Å². The van der Waals surface area contributed by atoms with Crippen LogP contribution in [-0.4, -0.2) is 18.0 Å². The zero-order valence-corrected chi connectivity index (χ0v) is 14.8. The first kappa shape index (κ1) is 16.7. The first-order chi connectivity index (χ1) is 8.81. The highest BCUT2D eigenvalue weighted by molar-refractivity contribution is 9.11. The second-order valence-electron chi connectivity index (χ2n) is 4.94. The van der Waals surface area contributed by atoms with Gasteiger partial charge in [0.1, 0.15) is 0 Å². The molecule has 0 aliphatic heterocycles. The van der Waals surface area contributed by atoms with E-state index in [1.54, 1.807) is 0 Å². The van der Waals surface area contributed by atoms with Gasteiger partial charge in [-0.1, -0.05) is 37.9 Å². The normalized spacial score (nSPS) is 14.3. The molecule has 0 aromatic heterocycles. The second-order valence-corrected chi connectivity index (χ2v) is 6.71. The highest BCUT2D eigenvalue weighted by Crippen LogP contribution is 2.26. The number of hydrogen-bond acceptors (Lipinski definition) is 2. The Hall–Kier alpha value is -0.390. The van der Waals surface area contributed by atoms with E-state index >= 15 is 0 Å². The molecule has 2 atom stereocenters. The molecule has 2 N–H and O–H groups in total. The fraction of sp³-hybridized carbons (Fsp3) is 0.500. The van der Waals surface area contributed by atoms with Crippen LogP contribution in [0.1, 0.15) is 39.3 Å². The van der Waals surface area contributed by atoms with Crippen molar-refractivity contribution in [1.82, 2.24) is 10.6 Å². The standard InChI is InChI=1S/C14H20Br2N2O/c1-8(2)17-14(19)10(4)18-9(3)12-6-5-11(15)7-13(12)16/h5-10,18H,1-4H3,(H,17,19). The Kier molecular flexibility index (Phi) is 6.50. The predicted molar refractivity (Wildman–Crippen MR) is 86.1 cm³/mol. The fourth-order valence-corrected chi connectivity index (χ4v) is 3.19. The molecule has 1 aromatic carbocycles. The lowest BCUT2D eigenvalue weighted by Crippen LogP contribution is -2.45. The molecule has 1 aromatic rings. The first-order valence-corrected chi connectivity index (χ1v) is 7.91. The van der Waals surface area contributed by atoms with E-state index in [1.165, 1.54) is 0 Å². The molecular weight excluding hydrogens is 372 g/mol. The number of benzene rings is 1. The molecule has 1 rings (SSSR count). The molecule has 3 nitrogen and oxygen atoms in total. The quantitative estimate of drug-likeness (QED) is 0.801. The summed E-state index contributed by atoms with van der Waals surface area (Å²) in [6.45, 7) is 7.84. The number of carbonyl (C=O) groups excluding carboxylic acids is 1. The van der Waals surface area contributed by atoms with Gasteiger partial charge in [0.25, 0.3) is 0 Å². The molecular formula is C14H20Br2N2O. The Morgan fingerprint density at radius 1 is 1.16 bits per heavy atom. The molecule has 2 unspecified atom stereocenters. The minimum atomic E-state index is -0.229. The minimum Gasteiger partial charge on any atom is -0.353 e. The van der Waals surface area contributed by atoms with Gasteiger partial charge in [-0.2, -0.15) is 0 Å². The lowest BCUT2D eigenvalue weighted by molar-refractivity contribution is -0.123. The summed E-state index contributed by atoms with van der Waals surface area (Å²) in [5.41, 5.74) is 1.13. The van der Waals surface area contributed by atoms with Crippen LogP contribution < -0.4 is 10.6 Å². The van der Waals surface area contributed by atoms with Crippen molar-refractivity contribution in [3.8, 4) is 0 Å². The molecule has 0 saturated carbocycles. The highest BCUT2D eigenvalue weighted by atomic mass is 79.9. The molecule has 0 radical (unpaired) electrons. The summed E-state index contributed by atoms with van der Waals surface area (Å²) in [5.74, 6) is 0.0232. The second kappa shape index (κ2) is 7.41. The van der Waals surface area contributed by atoms with Gasteiger partial charge in [0, 0.05) is 21.0 Å². The Morgan fingerprint density at radius 3 is 2.32 bits per heavy atom. The third-order valence-corrected chi connectivity index (χ3v) is 3.93. The third-order valence-electron chi connectivity index (χ3n) is 2.75. The van der Waals surface area contributed by atoms with Gasteiger partial charge >= 0.3 is 0 Å². The summed E-state index contributed by atoms with van der Waals surface area (Å²) < 4.78 is 2.05. The van der Waals surface area contributed by atoms with E-state index in [4.69, 9.17) is 0 Å². The van der Waals surface area contributed by atoms with Gasteiger partial charge in [0.2, 0.25) is 5.91 Å². The fourth-order valence-electron chi connectivity index (χ4n) is 1.80. The zero-order chi connectivity index (χ0) is 14.6. The molecule has 0 fully saturated rings. The van der Waals surface area contributed by atoms with E-state index in [-0.39, 0.29) is 24.0 Å². The van der Waals surface area contributed by atoms with Gasteiger partial charge < -0.3 is 5.32 Å². The molecule has 106 valence electrons. The van der Waals surface area contributed by atoms with Crippen molar-refractivity contribution < 1.29 is 4.79 Å². The smallest absolute Gasteiger partial charge is 0.237 e. The predicted octanol–water partition coefficient (Wildman–Crippen LogP) is 3.78. The summed E-state index contributed by atoms with van der Waals surface area (Å²) in [4.78, 5) is 11.9. The highest BCUT2D eigenvalue weighted by Gasteiger charge is 2.18. The van der Waals surface area contributed by atoms with Gasteiger partial charge in [-0.3, -0.25) is 10.1 Å². The van der Waals surface area contributed by atoms with Crippen molar-refractivity contribution in [2.45, 2.75) is 45.8 Å². The number of rotatable bonds is 5. The summed E-state index contributed by atoms with van der Waals surface area (Å²) >= 11 is 6.98. The van der Waals surface area contributed by atoms with Crippen LogP contribution in [0.2, 0.25) is 0 Å². The van der Waals surface area contributed by atoms with Crippen molar-refractivity contribution in [3.05, 3.63) is 32.7 Å². The number of halogens is 2. The lowest BCUT2D eigenvalue weighted by Gasteiger charge is -2.22. The van der Waals surface area contributed by atoms with Crippen LogP contribution in [0.4, 0.5) is 0 Å². The molecule has 0 saturated heterocycles. The molecule has 0 spiro atoms. The average molecular weight is 392 g/mol. The van der Waals surface area contributed by atoms with Crippen molar-refractivity contribution in [2.75, 3.05) is 0 Å². The first-order valence-electron chi connectivity index (χ1n) is 6.32. The van der Waals surface area contributed by atoms with Gasteiger partial charge in [-0.05, 0) is 45.4 Å². The van der Waals surface area contributed by atoms with E-state index in [0.717, 1.165) is 14.5 Å². The maximum absolute atomic E-state index is 11.9. The Morgan fingerprint density at radius 2 is 1.79 bits per heavy atom. The summed E-state index contributed by atoms with van der Waals surface area (Å²) in [7, 11) is 0. The number of hydrogen-bond donors (Lipinski definition) is 2. The van der Waals surface area contributed by atoms with E-state index in [9.17, 15) is 4.79 Å². The molecule has 0 aliphatic carbocycles. The van der Waals surface area contributed by atoms with Crippen LogP contribution in [0.25, 0.3) is 0 Å². The molecule has 1 amide bonds. The van der Waals surface area contributed by atoms with Crippen LogP contribution in [0, 0.1) is 0 Å². The monoisotopic (exact) mass is 390 g/mol. The molecule has 19 heavy (non-hydrogen) atoms. The van der Waals surface area contributed by atoms with Crippen molar-refractivity contribution in [1.29, 1.82) is 0 Å². The maximum Gasteiger partial charge on any atom is 0.237 e. The van der Waals surface area contributed by atoms with Gasteiger partial charge in [0.05, 0.1) is 6.04 Å². The SMILES string of the molecule is CC(C)NC(=O)C(C)NC(C)c1ccc(Br)cc1Br. The van der Waals surface area contributed by atoms with Crippen LogP contribution in [0.5, 0.6) is 0 Å². The van der Waals surface area contributed by atoms with E-state index in [0.29, 0.717) is 0 Å². The Balaban J connectivity index is 2.68. The summed E-state index contributed by atoms with van der Waals surface area (Å²) in [6.07, 6.45) is 0. The van der Waals surface area contributed by atoms with Crippen LogP contribution in [0.3, 0.4) is 0 Å². The zero-order valence-electron chi connectivity index (χ0n) is 11.6. The molecule has 0 heterocycles. The van der Waals surface area contributed by atoms with Crippen LogP contribution in [-0.2, 0) is 4.79 Å². The van der Waals surface area contributed by atoms with E-state index in [1.807, 2.05) is 45.9 Å². The van der Waals surface area contributed by atoms with Crippen LogP contribution in [0.15, 0.2) is 27.1 Å². The Bertz CT molecular complexity index is 449.